The summed E-state index contributed by atoms with van der Waals surface area (Å²) in [5, 5.41) is 9.32. The van der Waals surface area contributed by atoms with Crippen LogP contribution in [0.3, 0.4) is 0 Å². The first kappa shape index (κ1) is 27.5. The number of fused-ring (bicyclic) bond motifs is 9. The number of aromatic nitrogens is 3. The van der Waals surface area contributed by atoms with Gasteiger partial charge in [0.15, 0.2) is 17.5 Å². The Morgan fingerprint density at radius 3 is 1.49 bits per heavy atom. The summed E-state index contributed by atoms with van der Waals surface area (Å²) in [5.74, 6) is 1.84. The molecule has 4 heteroatoms. The molecule has 228 valence electrons. The molecule has 0 amide bonds. The van der Waals surface area contributed by atoms with Gasteiger partial charge in [-0.1, -0.05) is 140 Å². The third-order valence-corrected chi connectivity index (χ3v) is 9.50. The highest BCUT2D eigenvalue weighted by Gasteiger charge is 2.20. The zero-order valence-electron chi connectivity index (χ0n) is 26.3. The average molecular weight is 626 g/mol. The van der Waals surface area contributed by atoms with Crippen LogP contribution in [0.1, 0.15) is 0 Å². The zero-order valence-corrected chi connectivity index (χ0v) is 26.3. The van der Waals surface area contributed by atoms with Crippen LogP contribution in [0.2, 0.25) is 0 Å². The van der Waals surface area contributed by atoms with Gasteiger partial charge in [0.1, 0.15) is 11.2 Å². The SMILES string of the molecule is c1ccc(-c2cc(-c3nc(-c4ccccc4)nc(-c4ccc5c6ccccc6c6ccccc6c5c4)n3)c3c(c2)oc2ccccc23)cc1. The van der Waals surface area contributed by atoms with Gasteiger partial charge in [0.05, 0.1) is 0 Å². The van der Waals surface area contributed by atoms with E-state index in [0.717, 1.165) is 49.8 Å². The minimum atomic E-state index is 0.599. The predicted molar refractivity (Wildman–Crippen MR) is 201 cm³/mol. The maximum atomic E-state index is 6.46. The molecular formula is C45H27N3O. The van der Waals surface area contributed by atoms with E-state index >= 15 is 0 Å². The lowest BCUT2D eigenvalue weighted by atomic mass is 9.93. The second-order valence-corrected chi connectivity index (χ2v) is 12.4. The molecule has 0 aliphatic rings. The number of nitrogens with zero attached hydrogens (tertiary/aromatic N) is 3. The fourth-order valence-electron chi connectivity index (χ4n) is 7.22. The van der Waals surface area contributed by atoms with Crippen molar-refractivity contribution >= 4 is 54.3 Å². The smallest absolute Gasteiger partial charge is 0.164 e. The Hall–Kier alpha value is -6.65. The summed E-state index contributed by atoms with van der Waals surface area (Å²) in [7, 11) is 0. The van der Waals surface area contributed by atoms with Crippen LogP contribution in [0.4, 0.5) is 0 Å². The summed E-state index contributed by atoms with van der Waals surface area (Å²) in [6.07, 6.45) is 0. The standard InChI is InChI=1S/C45H27N3O/c1-3-13-28(14-4-1)31-26-39(42-37-21-11-12-22-40(37)49-41(42)27-31)45-47-43(29-15-5-2-6-16-29)46-44(48-45)30-23-24-36-34-19-8-7-17-32(34)33-18-9-10-20-35(33)38(36)25-30/h1-27H. The van der Waals surface area contributed by atoms with E-state index in [9.17, 15) is 0 Å². The maximum Gasteiger partial charge on any atom is 0.164 e. The van der Waals surface area contributed by atoms with Crippen molar-refractivity contribution in [1.29, 1.82) is 0 Å². The molecule has 2 heterocycles. The van der Waals surface area contributed by atoms with Crippen LogP contribution in [0, 0.1) is 0 Å². The number of benzene rings is 8. The summed E-state index contributed by atoms with van der Waals surface area (Å²) in [5.41, 5.74) is 6.52. The van der Waals surface area contributed by atoms with E-state index in [0.29, 0.717) is 17.5 Å². The molecule has 0 atom stereocenters. The first-order chi connectivity index (χ1) is 24.3. The number of hydrogen-bond donors (Lipinski definition) is 0. The number of para-hydroxylation sites is 1. The fourth-order valence-corrected chi connectivity index (χ4v) is 7.22. The molecule has 0 N–H and O–H groups in total. The Balaban J connectivity index is 1.27. The lowest BCUT2D eigenvalue weighted by Crippen LogP contribution is -2.01. The molecule has 0 fully saturated rings. The van der Waals surface area contributed by atoms with Crippen LogP contribution in [-0.2, 0) is 0 Å². The van der Waals surface area contributed by atoms with Crippen molar-refractivity contribution in [3.63, 3.8) is 0 Å². The third kappa shape index (κ3) is 4.49. The molecule has 0 aliphatic heterocycles. The Morgan fingerprint density at radius 1 is 0.306 bits per heavy atom. The third-order valence-electron chi connectivity index (χ3n) is 9.50. The first-order valence-corrected chi connectivity index (χ1v) is 16.4. The fraction of sp³-hybridized carbons (Fsp3) is 0. The Kier molecular flexibility index (Phi) is 6.15. The van der Waals surface area contributed by atoms with Crippen LogP contribution in [0.25, 0.3) is 99.5 Å². The van der Waals surface area contributed by atoms with E-state index in [1.54, 1.807) is 0 Å². The van der Waals surface area contributed by atoms with Gasteiger partial charge in [-0.3, -0.25) is 0 Å². The van der Waals surface area contributed by atoms with E-state index in [-0.39, 0.29) is 0 Å². The predicted octanol–water partition coefficient (Wildman–Crippen LogP) is 11.9. The molecular weight excluding hydrogens is 599 g/mol. The first-order valence-electron chi connectivity index (χ1n) is 16.4. The molecule has 0 unspecified atom stereocenters. The van der Waals surface area contributed by atoms with Crippen molar-refractivity contribution in [2.45, 2.75) is 0 Å². The lowest BCUT2D eigenvalue weighted by molar-refractivity contribution is 0.669. The summed E-state index contributed by atoms with van der Waals surface area (Å²) in [4.78, 5) is 15.5. The van der Waals surface area contributed by atoms with Crippen LogP contribution >= 0.6 is 0 Å². The van der Waals surface area contributed by atoms with Crippen molar-refractivity contribution in [3.8, 4) is 45.3 Å². The van der Waals surface area contributed by atoms with Crippen LogP contribution in [0.15, 0.2) is 168 Å². The molecule has 0 saturated heterocycles. The van der Waals surface area contributed by atoms with Gasteiger partial charge < -0.3 is 4.42 Å². The van der Waals surface area contributed by atoms with Gasteiger partial charge in [-0.15, -0.1) is 0 Å². The van der Waals surface area contributed by atoms with Crippen LogP contribution < -0.4 is 0 Å². The van der Waals surface area contributed by atoms with Gasteiger partial charge >= 0.3 is 0 Å². The van der Waals surface area contributed by atoms with E-state index in [1.165, 1.54) is 32.3 Å². The summed E-state index contributed by atoms with van der Waals surface area (Å²) in [6, 6.07) is 56.8. The number of furan rings is 1. The van der Waals surface area contributed by atoms with Crippen molar-refractivity contribution in [2.75, 3.05) is 0 Å². The Labute approximate surface area is 282 Å². The number of hydrogen-bond acceptors (Lipinski definition) is 4. The van der Waals surface area contributed by atoms with E-state index < -0.39 is 0 Å². The van der Waals surface area contributed by atoms with Gasteiger partial charge in [0.25, 0.3) is 0 Å². The highest BCUT2D eigenvalue weighted by Crippen LogP contribution is 2.41. The van der Waals surface area contributed by atoms with Gasteiger partial charge in [0.2, 0.25) is 0 Å². The highest BCUT2D eigenvalue weighted by atomic mass is 16.3. The van der Waals surface area contributed by atoms with Gasteiger partial charge in [0, 0.05) is 27.5 Å². The molecule has 0 saturated carbocycles. The monoisotopic (exact) mass is 625 g/mol. The van der Waals surface area contributed by atoms with Crippen LogP contribution in [0.5, 0.6) is 0 Å². The van der Waals surface area contributed by atoms with Gasteiger partial charge in [-0.25, -0.2) is 15.0 Å². The second kappa shape index (κ2) is 11.0. The molecule has 49 heavy (non-hydrogen) atoms. The molecule has 4 nitrogen and oxygen atoms in total. The minimum Gasteiger partial charge on any atom is -0.456 e. The highest BCUT2D eigenvalue weighted by molar-refractivity contribution is 6.25. The lowest BCUT2D eigenvalue weighted by Gasteiger charge is -2.13. The van der Waals surface area contributed by atoms with E-state index in [4.69, 9.17) is 19.4 Å². The summed E-state index contributed by atoms with van der Waals surface area (Å²) >= 11 is 0. The average Bonchev–Trinajstić information content (AvgIpc) is 3.57. The second-order valence-electron chi connectivity index (χ2n) is 12.4. The summed E-state index contributed by atoms with van der Waals surface area (Å²) < 4.78 is 6.46. The van der Waals surface area contributed by atoms with Crippen LogP contribution in [-0.4, -0.2) is 15.0 Å². The molecule has 0 radical (unpaired) electrons. The minimum absolute atomic E-state index is 0.599. The van der Waals surface area contributed by atoms with Gasteiger partial charge in [-0.2, -0.15) is 0 Å². The Morgan fingerprint density at radius 2 is 0.816 bits per heavy atom. The van der Waals surface area contributed by atoms with Gasteiger partial charge in [-0.05, 0) is 67.7 Å². The van der Waals surface area contributed by atoms with Crippen molar-refractivity contribution in [3.05, 3.63) is 164 Å². The quantitative estimate of drug-likeness (QED) is 0.183. The van der Waals surface area contributed by atoms with Crippen molar-refractivity contribution in [2.24, 2.45) is 0 Å². The molecule has 0 bridgehead atoms. The molecule has 10 aromatic rings. The summed E-state index contributed by atoms with van der Waals surface area (Å²) in [6.45, 7) is 0. The largest absolute Gasteiger partial charge is 0.456 e. The Bertz CT molecular complexity index is 2840. The van der Waals surface area contributed by atoms with Crippen molar-refractivity contribution in [1.82, 2.24) is 15.0 Å². The molecule has 10 rings (SSSR count). The normalized spacial score (nSPS) is 11.7. The van der Waals surface area contributed by atoms with Crippen molar-refractivity contribution < 1.29 is 4.42 Å². The number of rotatable bonds is 4. The van der Waals surface area contributed by atoms with E-state index in [2.05, 4.69) is 109 Å². The molecule has 8 aromatic carbocycles. The van der Waals surface area contributed by atoms with E-state index in [1.807, 2.05) is 54.6 Å². The maximum absolute atomic E-state index is 6.46. The molecule has 0 aliphatic carbocycles. The molecule has 2 aromatic heterocycles. The molecule has 0 spiro atoms. The topological polar surface area (TPSA) is 51.8 Å². The zero-order chi connectivity index (χ0) is 32.3.